The molecule has 0 aliphatic heterocycles. The van der Waals surface area contributed by atoms with E-state index in [9.17, 15) is 8.78 Å². The van der Waals surface area contributed by atoms with Crippen LogP contribution >= 0.6 is 15.9 Å². The highest BCUT2D eigenvalue weighted by molar-refractivity contribution is 9.10. The van der Waals surface area contributed by atoms with Crippen molar-refractivity contribution in [1.29, 1.82) is 0 Å². The molecule has 0 spiro atoms. The Hall–Kier alpha value is -1.85. The number of nitrogens with zero attached hydrogens (tertiary/aromatic N) is 1. The van der Waals surface area contributed by atoms with Gasteiger partial charge < -0.3 is 5.73 Å². The smallest absolute Gasteiger partial charge is 0.159 e. The molecule has 3 aromatic rings. The average molecular weight is 349 g/mol. The molecule has 3 rings (SSSR count). The van der Waals surface area contributed by atoms with Gasteiger partial charge in [0.25, 0.3) is 0 Å². The van der Waals surface area contributed by atoms with Gasteiger partial charge in [0.05, 0.1) is 17.3 Å². The second-order valence-corrected chi connectivity index (χ2v) is 5.55. The Balaban J connectivity index is 2.10. The van der Waals surface area contributed by atoms with Crippen molar-refractivity contribution in [3.05, 3.63) is 75.9 Å². The van der Waals surface area contributed by atoms with Crippen LogP contribution in [0.1, 0.15) is 17.3 Å². The van der Waals surface area contributed by atoms with E-state index in [0.29, 0.717) is 11.3 Å². The number of fused-ring (bicyclic) bond motifs is 1. The highest BCUT2D eigenvalue weighted by Crippen LogP contribution is 2.29. The minimum atomic E-state index is -0.917. The van der Waals surface area contributed by atoms with Crippen molar-refractivity contribution in [2.45, 2.75) is 6.04 Å². The molecule has 0 radical (unpaired) electrons. The number of benzene rings is 2. The van der Waals surface area contributed by atoms with Crippen LogP contribution in [0.15, 0.2) is 53.0 Å². The molecule has 2 N–H and O–H groups in total. The lowest BCUT2D eigenvalue weighted by Gasteiger charge is -2.14. The van der Waals surface area contributed by atoms with Crippen molar-refractivity contribution in [3.63, 3.8) is 0 Å². The monoisotopic (exact) mass is 348 g/mol. The van der Waals surface area contributed by atoms with Gasteiger partial charge in [-0.2, -0.15) is 0 Å². The maximum atomic E-state index is 13.3. The SMILES string of the molecule is NC(c1ccc(F)c(F)c1)c1nc2ccccc2cc1Br. The Kier molecular flexibility index (Phi) is 3.69. The van der Waals surface area contributed by atoms with E-state index in [1.807, 2.05) is 30.3 Å². The van der Waals surface area contributed by atoms with Crippen molar-refractivity contribution >= 4 is 26.8 Å². The summed E-state index contributed by atoms with van der Waals surface area (Å²) in [6, 6.07) is 12.5. The normalized spacial score (nSPS) is 12.6. The molecule has 0 amide bonds. The lowest BCUT2D eigenvalue weighted by atomic mass is 10.0. The zero-order valence-corrected chi connectivity index (χ0v) is 12.4. The lowest BCUT2D eigenvalue weighted by Crippen LogP contribution is -2.15. The molecule has 2 aromatic carbocycles. The van der Waals surface area contributed by atoms with Gasteiger partial charge in [-0.1, -0.05) is 24.3 Å². The second kappa shape index (κ2) is 5.50. The van der Waals surface area contributed by atoms with Gasteiger partial charge in [-0.05, 0) is 45.8 Å². The quantitative estimate of drug-likeness (QED) is 0.748. The van der Waals surface area contributed by atoms with Crippen LogP contribution in [0.3, 0.4) is 0 Å². The minimum absolute atomic E-state index is 0.470. The Morgan fingerprint density at radius 1 is 1.00 bits per heavy atom. The number of hydrogen-bond donors (Lipinski definition) is 1. The Morgan fingerprint density at radius 2 is 1.76 bits per heavy atom. The standard InChI is InChI=1S/C16H11BrF2N2/c17-11-7-9-3-1-2-4-14(9)21-16(11)15(20)10-5-6-12(18)13(19)8-10/h1-8,15H,20H2. The summed E-state index contributed by atoms with van der Waals surface area (Å²) in [4.78, 5) is 4.52. The molecule has 0 fully saturated rings. The summed E-state index contributed by atoms with van der Waals surface area (Å²) < 4.78 is 27.1. The fraction of sp³-hybridized carbons (Fsp3) is 0.0625. The van der Waals surface area contributed by atoms with Crippen LogP contribution < -0.4 is 5.73 Å². The molecule has 1 atom stereocenters. The van der Waals surface area contributed by atoms with Crippen LogP contribution in [0.25, 0.3) is 10.9 Å². The van der Waals surface area contributed by atoms with Gasteiger partial charge in [0.15, 0.2) is 11.6 Å². The number of aromatic nitrogens is 1. The number of pyridine rings is 1. The second-order valence-electron chi connectivity index (χ2n) is 4.70. The molecule has 0 aliphatic rings. The summed E-state index contributed by atoms with van der Waals surface area (Å²) in [5.74, 6) is -1.81. The van der Waals surface area contributed by atoms with E-state index in [1.54, 1.807) is 0 Å². The summed E-state index contributed by atoms with van der Waals surface area (Å²) in [6.07, 6.45) is 0. The minimum Gasteiger partial charge on any atom is -0.319 e. The molecule has 5 heteroatoms. The first kappa shape index (κ1) is 14.1. The predicted molar refractivity (Wildman–Crippen MR) is 81.8 cm³/mol. The molecule has 21 heavy (non-hydrogen) atoms. The van der Waals surface area contributed by atoms with Crippen LogP contribution in [0, 0.1) is 11.6 Å². The summed E-state index contributed by atoms with van der Waals surface area (Å²) in [5.41, 5.74) is 8.00. The van der Waals surface area contributed by atoms with Gasteiger partial charge in [0, 0.05) is 9.86 Å². The fourth-order valence-electron chi connectivity index (χ4n) is 2.19. The Bertz CT molecular complexity index is 820. The van der Waals surface area contributed by atoms with Gasteiger partial charge in [0.1, 0.15) is 0 Å². The number of hydrogen-bond acceptors (Lipinski definition) is 2. The summed E-state index contributed by atoms with van der Waals surface area (Å²) in [6.45, 7) is 0. The molecule has 0 saturated carbocycles. The van der Waals surface area contributed by atoms with Gasteiger partial charge in [-0.25, -0.2) is 13.8 Å². The van der Waals surface area contributed by atoms with Crippen molar-refractivity contribution < 1.29 is 8.78 Å². The van der Waals surface area contributed by atoms with Gasteiger partial charge >= 0.3 is 0 Å². The van der Waals surface area contributed by atoms with Crippen LogP contribution in [0.4, 0.5) is 8.78 Å². The van der Waals surface area contributed by atoms with E-state index in [4.69, 9.17) is 5.73 Å². The van der Waals surface area contributed by atoms with E-state index >= 15 is 0 Å². The largest absolute Gasteiger partial charge is 0.319 e. The molecule has 1 unspecified atom stereocenters. The summed E-state index contributed by atoms with van der Waals surface area (Å²) >= 11 is 3.44. The first-order chi connectivity index (χ1) is 10.1. The molecular weight excluding hydrogens is 338 g/mol. The van der Waals surface area contributed by atoms with Gasteiger partial charge in [0.2, 0.25) is 0 Å². The van der Waals surface area contributed by atoms with Crippen molar-refractivity contribution in [1.82, 2.24) is 4.98 Å². The molecule has 2 nitrogen and oxygen atoms in total. The molecule has 0 aliphatic carbocycles. The van der Waals surface area contributed by atoms with Crippen molar-refractivity contribution in [2.75, 3.05) is 0 Å². The van der Waals surface area contributed by atoms with Crippen LogP contribution in [0.2, 0.25) is 0 Å². The lowest BCUT2D eigenvalue weighted by molar-refractivity contribution is 0.506. The third kappa shape index (κ3) is 2.66. The zero-order valence-electron chi connectivity index (χ0n) is 10.9. The molecule has 1 heterocycles. The van der Waals surface area contributed by atoms with Crippen molar-refractivity contribution in [3.8, 4) is 0 Å². The topological polar surface area (TPSA) is 38.9 Å². The number of halogens is 3. The maximum absolute atomic E-state index is 13.3. The molecule has 0 saturated heterocycles. The van der Waals surface area contributed by atoms with E-state index < -0.39 is 17.7 Å². The predicted octanol–water partition coefficient (Wildman–Crippen LogP) is 4.32. The highest BCUT2D eigenvalue weighted by Gasteiger charge is 2.16. The summed E-state index contributed by atoms with van der Waals surface area (Å²) in [5, 5.41) is 0.977. The first-order valence-electron chi connectivity index (χ1n) is 6.32. The molecule has 1 aromatic heterocycles. The van der Waals surface area contributed by atoms with Crippen molar-refractivity contribution in [2.24, 2.45) is 5.73 Å². The van der Waals surface area contributed by atoms with Crippen LogP contribution in [-0.2, 0) is 0 Å². The van der Waals surface area contributed by atoms with Gasteiger partial charge in [-0.3, -0.25) is 0 Å². The third-order valence-corrected chi connectivity index (χ3v) is 3.94. The number of para-hydroxylation sites is 1. The van der Waals surface area contributed by atoms with Crippen LogP contribution in [0.5, 0.6) is 0 Å². The van der Waals surface area contributed by atoms with Gasteiger partial charge in [-0.15, -0.1) is 0 Å². The number of rotatable bonds is 2. The Labute approximate surface area is 128 Å². The first-order valence-corrected chi connectivity index (χ1v) is 7.11. The molecule has 0 bridgehead atoms. The van der Waals surface area contributed by atoms with Crippen LogP contribution in [-0.4, -0.2) is 4.98 Å². The number of nitrogens with two attached hydrogens (primary N) is 1. The third-order valence-electron chi connectivity index (χ3n) is 3.30. The maximum Gasteiger partial charge on any atom is 0.159 e. The zero-order chi connectivity index (χ0) is 15.0. The van der Waals surface area contributed by atoms with E-state index in [-0.39, 0.29) is 0 Å². The average Bonchev–Trinajstić information content (AvgIpc) is 2.48. The molecule has 106 valence electrons. The highest BCUT2D eigenvalue weighted by atomic mass is 79.9. The van der Waals surface area contributed by atoms with E-state index in [2.05, 4.69) is 20.9 Å². The van der Waals surface area contributed by atoms with E-state index in [0.717, 1.165) is 27.5 Å². The summed E-state index contributed by atoms with van der Waals surface area (Å²) in [7, 11) is 0. The Morgan fingerprint density at radius 3 is 2.52 bits per heavy atom. The molecular formula is C16H11BrF2N2. The fourth-order valence-corrected chi connectivity index (χ4v) is 2.77. The van der Waals surface area contributed by atoms with E-state index in [1.165, 1.54) is 6.07 Å².